The average molecular weight is 328 g/mol. The van der Waals surface area contributed by atoms with Crippen LogP contribution in [-0.2, 0) is 19.3 Å². The first-order chi connectivity index (χ1) is 12.1. The Morgan fingerprint density at radius 2 is 1.44 bits per heavy atom. The third kappa shape index (κ3) is 4.45. The van der Waals surface area contributed by atoms with Gasteiger partial charge in [-0.25, -0.2) is 0 Å². The summed E-state index contributed by atoms with van der Waals surface area (Å²) in [5.41, 5.74) is 6.77. The average Bonchev–Trinajstić information content (AvgIpc) is 2.64. The standard InChI is InChI=1S/C24H24O/c1-18-12-13-19(2)23(16-18)24(25)17-22-11-7-6-10-21(22)15-14-20-8-4-3-5-9-20/h3-13,16H,14-15,17H2,1-2H3. The summed E-state index contributed by atoms with van der Waals surface area (Å²) in [5.74, 6) is 0.202. The maximum absolute atomic E-state index is 12.8. The van der Waals surface area contributed by atoms with Gasteiger partial charge < -0.3 is 0 Å². The van der Waals surface area contributed by atoms with E-state index in [4.69, 9.17) is 0 Å². The fraction of sp³-hybridized carbons (Fsp3) is 0.208. The molecule has 0 saturated carbocycles. The van der Waals surface area contributed by atoms with Gasteiger partial charge in [-0.2, -0.15) is 0 Å². The molecule has 25 heavy (non-hydrogen) atoms. The molecule has 0 N–H and O–H groups in total. The number of aryl methyl sites for hydroxylation is 4. The van der Waals surface area contributed by atoms with Crippen LogP contribution in [0.2, 0.25) is 0 Å². The lowest BCUT2D eigenvalue weighted by atomic mass is 9.93. The lowest BCUT2D eigenvalue weighted by Crippen LogP contribution is -2.08. The second kappa shape index (κ2) is 7.94. The molecular formula is C24H24O. The largest absolute Gasteiger partial charge is 0.294 e. The molecule has 0 aliphatic carbocycles. The van der Waals surface area contributed by atoms with Gasteiger partial charge in [-0.05, 0) is 55.0 Å². The van der Waals surface area contributed by atoms with Crippen molar-refractivity contribution >= 4 is 5.78 Å². The summed E-state index contributed by atoms with van der Waals surface area (Å²) in [4.78, 5) is 12.8. The van der Waals surface area contributed by atoms with Crippen molar-refractivity contribution in [3.8, 4) is 0 Å². The van der Waals surface area contributed by atoms with Crippen molar-refractivity contribution in [2.75, 3.05) is 0 Å². The van der Waals surface area contributed by atoms with Gasteiger partial charge in [0.25, 0.3) is 0 Å². The number of rotatable bonds is 6. The predicted molar refractivity (Wildman–Crippen MR) is 104 cm³/mol. The second-order valence-electron chi connectivity index (χ2n) is 6.67. The molecule has 3 aromatic rings. The summed E-state index contributed by atoms with van der Waals surface area (Å²) >= 11 is 0. The van der Waals surface area contributed by atoms with E-state index in [-0.39, 0.29) is 5.78 Å². The molecule has 0 radical (unpaired) electrons. The lowest BCUT2D eigenvalue weighted by molar-refractivity contribution is 0.0992. The third-order valence-corrected chi connectivity index (χ3v) is 4.69. The molecule has 0 unspecified atom stereocenters. The Kier molecular flexibility index (Phi) is 5.45. The first kappa shape index (κ1) is 17.2. The highest BCUT2D eigenvalue weighted by Gasteiger charge is 2.12. The Hall–Kier alpha value is -2.67. The van der Waals surface area contributed by atoms with E-state index in [1.165, 1.54) is 11.1 Å². The zero-order chi connectivity index (χ0) is 17.6. The summed E-state index contributed by atoms with van der Waals surface area (Å²) < 4.78 is 0. The van der Waals surface area contributed by atoms with E-state index in [0.717, 1.165) is 35.1 Å². The number of benzene rings is 3. The zero-order valence-corrected chi connectivity index (χ0v) is 15.0. The van der Waals surface area contributed by atoms with Crippen LogP contribution in [0.3, 0.4) is 0 Å². The minimum atomic E-state index is 0.202. The Morgan fingerprint density at radius 3 is 2.20 bits per heavy atom. The van der Waals surface area contributed by atoms with Gasteiger partial charge in [0.2, 0.25) is 0 Å². The van der Waals surface area contributed by atoms with Gasteiger partial charge in [0.05, 0.1) is 0 Å². The van der Waals surface area contributed by atoms with E-state index >= 15 is 0 Å². The predicted octanol–water partition coefficient (Wildman–Crippen LogP) is 5.51. The highest BCUT2D eigenvalue weighted by atomic mass is 16.1. The van der Waals surface area contributed by atoms with Crippen molar-refractivity contribution in [2.45, 2.75) is 33.1 Å². The number of hydrogen-bond acceptors (Lipinski definition) is 1. The summed E-state index contributed by atoms with van der Waals surface area (Å²) in [6.45, 7) is 4.04. The number of Topliss-reactive ketones (excluding diaryl/α,β-unsaturated/α-hetero) is 1. The topological polar surface area (TPSA) is 17.1 Å². The fourth-order valence-corrected chi connectivity index (χ4v) is 3.20. The van der Waals surface area contributed by atoms with Gasteiger partial charge in [0.1, 0.15) is 0 Å². The van der Waals surface area contributed by atoms with Gasteiger partial charge in [-0.3, -0.25) is 4.79 Å². The Bertz CT molecular complexity index is 862. The van der Waals surface area contributed by atoms with E-state index < -0.39 is 0 Å². The monoisotopic (exact) mass is 328 g/mol. The van der Waals surface area contributed by atoms with Crippen LogP contribution in [0.4, 0.5) is 0 Å². The van der Waals surface area contributed by atoms with Crippen molar-refractivity contribution in [3.05, 3.63) is 106 Å². The molecule has 0 fully saturated rings. The molecule has 0 heterocycles. The van der Waals surface area contributed by atoms with Crippen molar-refractivity contribution in [3.63, 3.8) is 0 Å². The van der Waals surface area contributed by atoms with E-state index in [1.807, 2.05) is 38.1 Å². The molecule has 0 spiro atoms. The summed E-state index contributed by atoms with van der Waals surface area (Å²) in [7, 11) is 0. The SMILES string of the molecule is Cc1ccc(C)c(C(=O)Cc2ccccc2CCc2ccccc2)c1. The minimum absolute atomic E-state index is 0.202. The summed E-state index contributed by atoms with van der Waals surface area (Å²) in [6.07, 6.45) is 2.42. The first-order valence-corrected chi connectivity index (χ1v) is 8.84. The van der Waals surface area contributed by atoms with Crippen molar-refractivity contribution < 1.29 is 4.79 Å². The molecule has 3 aromatic carbocycles. The highest BCUT2D eigenvalue weighted by Crippen LogP contribution is 2.18. The fourth-order valence-electron chi connectivity index (χ4n) is 3.20. The van der Waals surface area contributed by atoms with Crippen LogP contribution in [-0.4, -0.2) is 5.78 Å². The molecule has 0 bridgehead atoms. The van der Waals surface area contributed by atoms with Crippen LogP contribution in [0.25, 0.3) is 0 Å². The molecule has 3 rings (SSSR count). The molecule has 1 nitrogen and oxygen atoms in total. The molecule has 0 aliphatic heterocycles. The number of ketones is 1. The second-order valence-corrected chi connectivity index (χ2v) is 6.67. The number of carbonyl (C=O) groups is 1. The maximum atomic E-state index is 12.8. The molecule has 0 aliphatic rings. The summed E-state index contributed by atoms with van der Waals surface area (Å²) in [5, 5.41) is 0. The maximum Gasteiger partial charge on any atom is 0.167 e. The van der Waals surface area contributed by atoms with Gasteiger partial charge in [0, 0.05) is 12.0 Å². The van der Waals surface area contributed by atoms with Crippen molar-refractivity contribution in [1.82, 2.24) is 0 Å². The molecule has 126 valence electrons. The van der Waals surface area contributed by atoms with Gasteiger partial charge >= 0.3 is 0 Å². The van der Waals surface area contributed by atoms with Crippen molar-refractivity contribution in [2.24, 2.45) is 0 Å². The quantitative estimate of drug-likeness (QED) is 0.545. The van der Waals surface area contributed by atoms with E-state index in [2.05, 4.69) is 48.5 Å². The molecule has 0 amide bonds. The minimum Gasteiger partial charge on any atom is -0.294 e. The molecule has 1 heteroatoms. The van der Waals surface area contributed by atoms with Crippen molar-refractivity contribution in [1.29, 1.82) is 0 Å². The Labute approximate surface area is 150 Å². The lowest BCUT2D eigenvalue weighted by Gasteiger charge is -2.11. The van der Waals surface area contributed by atoms with Crippen LogP contribution in [0.1, 0.15) is 38.2 Å². The Balaban J connectivity index is 1.76. The highest BCUT2D eigenvalue weighted by molar-refractivity contribution is 5.99. The third-order valence-electron chi connectivity index (χ3n) is 4.69. The number of hydrogen-bond donors (Lipinski definition) is 0. The summed E-state index contributed by atoms with van der Waals surface area (Å²) in [6, 6.07) is 24.9. The molecule has 0 aromatic heterocycles. The van der Waals surface area contributed by atoms with Gasteiger partial charge in [-0.15, -0.1) is 0 Å². The molecule has 0 atom stereocenters. The molecule has 0 saturated heterocycles. The van der Waals surface area contributed by atoms with Crippen LogP contribution < -0.4 is 0 Å². The molecular weight excluding hydrogens is 304 g/mol. The normalized spacial score (nSPS) is 10.6. The van der Waals surface area contributed by atoms with Crippen LogP contribution in [0.15, 0.2) is 72.8 Å². The van der Waals surface area contributed by atoms with Crippen LogP contribution >= 0.6 is 0 Å². The van der Waals surface area contributed by atoms with E-state index in [9.17, 15) is 4.79 Å². The van der Waals surface area contributed by atoms with Gasteiger partial charge in [-0.1, -0.05) is 72.3 Å². The zero-order valence-electron chi connectivity index (χ0n) is 15.0. The Morgan fingerprint density at radius 1 is 0.760 bits per heavy atom. The first-order valence-electron chi connectivity index (χ1n) is 8.84. The number of carbonyl (C=O) groups excluding carboxylic acids is 1. The van der Waals surface area contributed by atoms with Gasteiger partial charge in [0.15, 0.2) is 5.78 Å². The van der Waals surface area contributed by atoms with Crippen LogP contribution in [0.5, 0.6) is 0 Å². The van der Waals surface area contributed by atoms with E-state index in [0.29, 0.717) is 6.42 Å². The van der Waals surface area contributed by atoms with E-state index in [1.54, 1.807) is 0 Å². The van der Waals surface area contributed by atoms with Crippen LogP contribution in [0, 0.1) is 13.8 Å². The smallest absolute Gasteiger partial charge is 0.167 e.